The van der Waals surface area contributed by atoms with Gasteiger partial charge >= 0.3 is 0 Å². The van der Waals surface area contributed by atoms with E-state index in [9.17, 15) is 0 Å². The van der Waals surface area contributed by atoms with Crippen LogP contribution in [0.25, 0.3) is 11.3 Å². The molecule has 0 spiro atoms. The number of likely N-dealkylation sites (tertiary alicyclic amines) is 1. The van der Waals surface area contributed by atoms with Gasteiger partial charge in [-0.1, -0.05) is 31.1 Å². The zero-order valence-corrected chi connectivity index (χ0v) is 17.9. The van der Waals surface area contributed by atoms with Gasteiger partial charge in [-0.05, 0) is 31.4 Å². The predicted molar refractivity (Wildman–Crippen MR) is 117 cm³/mol. The zero-order valence-electron chi connectivity index (χ0n) is 17.9. The Hall–Kier alpha value is -3.44. The summed E-state index contributed by atoms with van der Waals surface area (Å²) < 4.78 is 11.8. The Labute approximate surface area is 181 Å². The molecule has 160 valence electrons. The Balaban J connectivity index is 1.40. The maximum atomic E-state index is 8.82. The van der Waals surface area contributed by atoms with Crippen LogP contribution in [0.1, 0.15) is 32.9 Å². The summed E-state index contributed by atoms with van der Waals surface area (Å²) in [5, 5.41) is 15.9. The minimum atomic E-state index is 0.171. The van der Waals surface area contributed by atoms with Crippen molar-refractivity contribution in [3.63, 3.8) is 0 Å². The summed E-state index contributed by atoms with van der Waals surface area (Å²) in [4.78, 5) is 10.6. The lowest BCUT2D eigenvalue weighted by Gasteiger charge is -2.43. The number of benzene rings is 1. The van der Waals surface area contributed by atoms with Crippen LogP contribution in [-0.4, -0.2) is 45.3 Å². The molecular weight excluding hydrogens is 392 g/mol. The lowest BCUT2D eigenvalue weighted by Crippen LogP contribution is -2.57. The number of nitrogens with zero attached hydrogens (tertiary/aromatic N) is 5. The third-order valence-corrected chi connectivity index (χ3v) is 5.29. The lowest BCUT2D eigenvalue weighted by atomic mass is 10.00. The molecule has 1 saturated heterocycles. The van der Waals surface area contributed by atoms with Crippen LogP contribution in [0.15, 0.2) is 47.2 Å². The minimum absolute atomic E-state index is 0.171. The molecule has 0 aliphatic carbocycles. The summed E-state index contributed by atoms with van der Waals surface area (Å²) >= 11 is 0. The molecule has 8 heteroatoms. The second-order valence-electron chi connectivity index (χ2n) is 8.27. The number of hydrogen-bond acceptors (Lipinski definition) is 8. The second kappa shape index (κ2) is 9.14. The van der Waals surface area contributed by atoms with Crippen molar-refractivity contribution >= 4 is 11.6 Å². The summed E-state index contributed by atoms with van der Waals surface area (Å²) in [6, 6.07) is 12.1. The summed E-state index contributed by atoms with van der Waals surface area (Å²) in [6.45, 7) is 8.67. The van der Waals surface area contributed by atoms with Crippen LogP contribution in [0.4, 0.5) is 11.6 Å². The van der Waals surface area contributed by atoms with Crippen molar-refractivity contribution in [1.82, 2.24) is 20.0 Å². The lowest BCUT2D eigenvalue weighted by molar-refractivity contribution is -0.00912. The van der Waals surface area contributed by atoms with E-state index in [4.69, 9.17) is 14.5 Å². The summed E-state index contributed by atoms with van der Waals surface area (Å²) in [7, 11) is 0. The number of nitrogens with one attached hydrogen (secondary N) is 1. The number of para-hydroxylation sites is 1. The Morgan fingerprint density at radius 2 is 2.00 bits per heavy atom. The molecule has 1 fully saturated rings. The monoisotopic (exact) mass is 418 g/mol. The quantitative estimate of drug-likeness (QED) is 0.580. The van der Waals surface area contributed by atoms with Crippen LogP contribution < -0.4 is 10.1 Å². The Bertz CT molecular complexity index is 1050. The number of anilines is 2. The number of ether oxygens (including phenoxy) is 1. The van der Waals surface area contributed by atoms with Gasteiger partial charge in [0, 0.05) is 25.2 Å². The molecule has 4 rings (SSSR count). The van der Waals surface area contributed by atoms with E-state index in [2.05, 4.69) is 46.1 Å². The standard InChI is InChI=1S/C23H26N6O2/c1-15(2)8-16(3)29-13-18(14-29)30-20-7-5-4-6-19(20)21-9-22(28-31-21)27-23-12-25-17(10-24)11-26-23/h4-7,9,11-12,15-16,18H,8,13-14H2,1-3H3,(H,26,27,28). The van der Waals surface area contributed by atoms with Crippen LogP contribution in [0.3, 0.4) is 0 Å². The predicted octanol–water partition coefficient (Wildman–Crippen LogP) is 4.24. The molecule has 1 unspecified atom stereocenters. The molecule has 1 aromatic carbocycles. The van der Waals surface area contributed by atoms with Crippen molar-refractivity contribution in [2.75, 3.05) is 18.4 Å². The van der Waals surface area contributed by atoms with Gasteiger partial charge in [0.05, 0.1) is 18.0 Å². The van der Waals surface area contributed by atoms with Crippen molar-refractivity contribution in [3.05, 3.63) is 48.4 Å². The number of nitriles is 1. The van der Waals surface area contributed by atoms with Gasteiger partial charge in [-0.25, -0.2) is 9.97 Å². The molecular formula is C23H26N6O2. The van der Waals surface area contributed by atoms with Gasteiger partial charge in [0.2, 0.25) is 0 Å². The van der Waals surface area contributed by atoms with Crippen LogP contribution in [0, 0.1) is 17.2 Å². The highest BCUT2D eigenvalue weighted by atomic mass is 16.5. The van der Waals surface area contributed by atoms with E-state index in [-0.39, 0.29) is 11.8 Å². The molecule has 0 radical (unpaired) electrons. The molecule has 8 nitrogen and oxygen atoms in total. The Morgan fingerprint density at radius 1 is 1.19 bits per heavy atom. The first kappa shape index (κ1) is 20.8. The average Bonchev–Trinajstić information content (AvgIpc) is 3.19. The third kappa shape index (κ3) is 5.01. The molecule has 0 saturated carbocycles. The highest BCUT2D eigenvalue weighted by Gasteiger charge is 2.32. The maximum absolute atomic E-state index is 8.82. The minimum Gasteiger partial charge on any atom is -0.487 e. The fraction of sp³-hybridized carbons (Fsp3) is 0.391. The van der Waals surface area contributed by atoms with E-state index in [0.29, 0.717) is 29.4 Å². The van der Waals surface area contributed by atoms with Gasteiger partial charge in [0.15, 0.2) is 17.3 Å². The second-order valence-corrected chi connectivity index (χ2v) is 8.27. The van der Waals surface area contributed by atoms with E-state index in [0.717, 1.165) is 24.4 Å². The number of rotatable bonds is 8. The van der Waals surface area contributed by atoms with E-state index < -0.39 is 0 Å². The SMILES string of the molecule is CC(C)CC(C)N1CC(Oc2ccccc2-c2cc(Nc3cnc(C#N)cn3)no2)C1. The van der Waals surface area contributed by atoms with E-state index in [1.807, 2.05) is 30.3 Å². The van der Waals surface area contributed by atoms with Crippen LogP contribution in [0.5, 0.6) is 5.75 Å². The highest BCUT2D eigenvalue weighted by molar-refractivity contribution is 5.68. The van der Waals surface area contributed by atoms with Crippen molar-refractivity contribution in [1.29, 1.82) is 5.26 Å². The number of aromatic nitrogens is 3. The van der Waals surface area contributed by atoms with Crippen LogP contribution in [0.2, 0.25) is 0 Å². The number of hydrogen-bond donors (Lipinski definition) is 1. The van der Waals surface area contributed by atoms with E-state index >= 15 is 0 Å². The Kier molecular flexibility index (Phi) is 6.14. The molecule has 1 aliphatic rings. The van der Waals surface area contributed by atoms with Gasteiger partial charge in [0.25, 0.3) is 0 Å². The summed E-state index contributed by atoms with van der Waals surface area (Å²) in [5.74, 6) is 3.06. The van der Waals surface area contributed by atoms with Gasteiger partial charge in [-0.2, -0.15) is 5.26 Å². The molecule has 1 aliphatic heterocycles. The molecule has 1 N–H and O–H groups in total. The molecule has 31 heavy (non-hydrogen) atoms. The molecule has 0 amide bonds. The molecule has 3 heterocycles. The first-order valence-electron chi connectivity index (χ1n) is 10.5. The normalized spacial score (nSPS) is 15.3. The third-order valence-electron chi connectivity index (χ3n) is 5.29. The van der Waals surface area contributed by atoms with E-state index in [1.54, 1.807) is 6.07 Å². The first-order chi connectivity index (χ1) is 15.0. The van der Waals surface area contributed by atoms with E-state index in [1.165, 1.54) is 18.8 Å². The largest absolute Gasteiger partial charge is 0.487 e. The van der Waals surface area contributed by atoms with Crippen molar-refractivity contribution in [2.45, 2.75) is 39.3 Å². The average molecular weight is 419 g/mol. The summed E-state index contributed by atoms with van der Waals surface area (Å²) in [5.41, 5.74) is 1.10. The first-order valence-corrected chi connectivity index (χ1v) is 10.5. The fourth-order valence-corrected chi connectivity index (χ4v) is 3.73. The van der Waals surface area contributed by atoms with Crippen molar-refractivity contribution in [2.24, 2.45) is 5.92 Å². The van der Waals surface area contributed by atoms with Crippen molar-refractivity contribution < 1.29 is 9.26 Å². The topological polar surface area (TPSA) is 100 Å². The van der Waals surface area contributed by atoms with Gasteiger partial charge in [0.1, 0.15) is 23.7 Å². The van der Waals surface area contributed by atoms with Gasteiger partial charge in [-0.3, -0.25) is 4.90 Å². The van der Waals surface area contributed by atoms with Gasteiger partial charge in [-0.15, -0.1) is 0 Å². The smallest absolute Gasteiger partial charge is 0.175 e. The molecule has 0 bridgehead atoms. The van der Waals surface area contributed by atoms with Crippen LogP contribution >= 0.6 is 0 Å². The highest BCUT2D eigenvalue weighted by Crippen LogP contribution is 2.33. The maximum Gasteiger partial charge on any atom is 0.175 e. The molecule has 1 atom stereocenters. The van der Waals surface area contributed by atoms with Crippen LogP contribution in [-0.2, 0) is 0 Å². The molecule has 2 aromatic heterocycles. The summed E-state index contributed by atoms with van der Waals surface area (Å²) in [6.07, 6.45) is 4.24. The Morgan fingerprint density at radius 3 is 2.71 bits per heavy atom. The van der Waals surface area contributed by atoms with Gasteiger partial charge < -0.3 is 14.6 Å². The fourth-order valence-electron chi connectivity index (χ4n) is 3.73. The molecule has 3 aromatic rings. The zero-order chi connectivity index (χ0) is 21.8. The van der Waals surface area contributed by atoms with Crippen molar-refractivity contribution in [3.8, 4) is 23.1 Å².